The van der Waals surface area contributed by atoms with Crippen molar-refractivity contribution in [2.75, 3.05) is 11.9 Å². The summed E-state index contributed by atoms with van der Waals surface area (Å²) in [4.78, 5) is 23.5. The first kappa shape index (κ1) is 17.2. The predicted molar refractivity (Wildman–Crippen MR) is 93.2 cm³/mol. The number of rotatable bonds is 5. The molecule has 0 saturated heterocycles. The molecular formula is C18H19N3O3. The molecule has 0 aliphatic rings. The van der Waals surface area contributed by atoms with E-state index in [0.29, 0.717) is 12.3 Å². The quantitative estimate of drug-likeness (QED) is 0.503. The van der Waals surface area contributed by atoms with E-state index < -0.39 is 11.8 Å². The van der Waals surface area contributed by atoms with Gasteiger partial charge in [0.15, 0.2) is 0 Å². The van der Waals surface area contributed by atoms with Gasteiger partial charge in [-0.15, -0.1) is 0 Å². The average Bonchev–Trinajstić information content (AvgIpc) is 2.56. The minimum Gasteiger partial charge on any atom is -0.494 e. The number of nitrogens with one attached hydrogen (secondary N) is 2. The van der Waals surface area contributed by atoms with Gasteiger partial charge in [0.2, 0.25) is 0 Å². The first-order valence-corrected chi connectivity index (χ1v) is 7.52. The molecule has 2 N–H and O–H groups in total. The average molecular weight is 325 g/mol. The standard InChI is InChI=1S/C18H19N3O3/c1-3-24-16-9-7-14(8-10-16)12-19-21-18(23)17(22)20-15-6-4-5-13(2)11-15/h4-12H,3H2,1-2H3,(H,20,22)(H,21,23). The highest BCUT2D eigenvalue weighted by atomic mass is 16.5. The molecule has 0 radical (unpaired) electrons. The summed E-state index contributed by atoms with van der Waals surface area (Å²) in [5.74, 6) is -0.848. The number of hydrazone groups is 1. The molecule has 0 aliphatic heterocycles. The van der Waals surface area contributed by atoms with Gasteiger partial charge in [0.25, 0.3) is 0 Å². The van der Waals surface area contributed by atoms with Crippen LogP contribution in [0.3, 0.4) is 0 Å². The summed E-state index contributed by atoms with van der Waals surface area (Å²) in [7, 11) is 0. The Hall–Kier alpha value is -3.15. The first-order valence-electron chi connectivity index (χ1n) is 7.52. The lowest BCUT2D eigenvalue weighted by molar-refractivity contribution is -0.136. The van der Waals surface area contributed by atoms with Gasteiger partial charge in [0, 0.05) is 5.69 Å². The fourth-order valence-electron chi connectivity index (χ4n) is 1.94. The maximum absolute atomic E-state index is 11.8. The molecule has 124 valence electrons. The van der Waals surface area contributed by atoms with Crippen LogP contribution >= 0.6 is 0 Å². The van der Waals surface area contributed by atoms with Crippen LogP contribution in [0.5, 0.6) is 5.75 Å². The Morgan fingerprint density at radius 2 is 1.88 bits per heavy atom. The Kier molecular flexibility index (Phi) is 6.08. The van der Waals surface area contributed by atoms with E-state index in [2.05, 4.69) is 15.8 Å². The van der Waals surface area contributed by atoms with E-state index in [-0.39, 0.29) is 0 Å². The summed E-state index contributed by atoms with van der Waals surface area (Å²) in [6.45, 7) is 4.41. The number of ether oxygens (including phenoxy) is 1. The van der Waals surface area contributed by atoms with Crippen LogP contribution in [0.2, 0.25) is 0 Å². The van der Waals surface area contributed by atoms with E-state index in [4.69, 9.17) is 4.74 Å². The van der Waals surface area contributed by atoms with Crippen LogP contribution in [-0.4, -0.2) is 24.6 Å². The Balaban J connectivity index is 1.86. The smallest absolute Gasteiger partial charge is 0.329 e. The zero-order chi connectivity index (χ0) is 17.4. The third-order valence-corrected chi connectivity index (χ3v) is 3.05. The van der Waals surface area contributed by atoms with Gasteiger partial charge in [0.05, 0.1) is 12.8 Å². The molecule has 0 aliphatic carbocycles. The Bertz CT molecular complexity index is 739. The molecule has 2 aromatic carbocycles. The number of hydrogen-bond acceptors (Lipinski definition) is 4. The molecule has 0 heterocycles. The molecule has 2 amide bonds. The molecular weight excluding hydrogens is 306 g/mol. The minimum absolute atomic E-state index is 0.561. The van der Waals surface area contributed by atoms with Gasteiger partial charge >= 0.3 is 11.8 Å². The van der Waals surface area contributed by atoms with Gasteiger partial charge in [-0.05, 0) is 61.4 Å². The van der Waals surface area contributed by atoms with Gasteiger partial charge in [0.1, 0.15) is 5.75 Å². The van der Waals surface area contributed by atoms with Gasteiger partial charge in [-0.2, -0.15) is 5.10 Å². The van der Waals surface area contributed by atoms with Gasteiger partial charge in [-0.1, -0.05) is 12.1 Å². The van der Waals surface area contributed by atoms with Gasteiger partial charge in [-0.25, -0.2) is 5.43 Å². The summed E-state index contributed by atoms with van der Waals surface area (Å²) in [5, 5.41) is 6.28. The van der Waals surface area contributed by atoms with Gasteiger partial charge < -0.3 is 10.1 Å². The molecule has 2 aromatic rings. The topological polar surface area (TPSA) is 79.8 Å². The summed E-state index contributed by atoms with van der Waals surface area (Å²) in [6, 6.07) is 14.4. The highest BCUT2D eigenvalue weighted by Crippen LogP contribution is 2.11. The number of amides is 2. The third-order valence-electron chi connectivity index (χ3n) is 3.05. The molecule has 6 nitrogen and oxygen atoms in total. The SMILES string of the molecule is CCOc1ccc(C=NNC(=O)C(=O)Nc2cccc(C)c2)cc1. The molecule has 0 unspecified atom stereocenters. The van der Waals surface area contributed by atoms with Crippen molar-refractivity contribution in [2.45, 2.75) is 13.8 Å². The number of aryl methyl sites for hydroxylation is 1. The number of benzene rings is 2. The highest BCUT2D eigenvalue weighted by Gasteiger charge is 2.12. The van der Waals surface area contributed by atoms with Crippen LogP contribution in [0.25, 0.3) is 0 Å². The Morgan fingerprint density at radius 3 is 2.54 bits per heavy atom. The number of carbonyl (C=O) groups is 2. The predicted octanol–water partition coefficient (Wildman–Crippen LogP) is 2.48. The Labute approximate surface area is 140 Å². The van der Waals surface area contributed by atoms with Crippen molar-refractivity contribution in [3.05, 3.63) is 59.7 Å². The van der Waals surface area contributed by atoms with Crippen LogP contribution in [-0.2, 0) is 9.59 Å². The van der Waals surface area contributed by atoms with Crippen molar-refractivity contribution in [3.8, 4) is 5.75 Å². The van der Waals surface area contributed by atoms with Crippen molar-refractivity contribution in [1.82, 2.24) is 5.43 Å². The van der Waals surface area contributed by atoms with Gasteiger partial charge in [-0.3, -0.25) is 9.59 Å². The fourth-order valence-corrected chi connectivity index (χ4v) is 1.94. The van der Waals surface area contributed by atoms with E-state index in [1.165, 1.54) is 6.21 Å². The normalized spacial score (nSPS) is 10.4. The molecule has 0 aromatic heterocycles. The van der Waals surface area contributed by atoms with Crippen LogP contribution < -0.4 is 15.5 Å². The molecule has 0 saturated carbocycles. The summed E-state index contributed by atoms with van der Waals surface area (Å²) >= 11 is 0. The highest BCUT2D eigenvalue weighted by molar-refractivity contribution is 6.39. The molecule has 0 spiro atoms. The largest absolute Gasteiger partial charge is 0.494 e. The Morgan fingerprint density at radius 1 is 1.12 bits per heavy atom. The zero-order valence-electron chi connectivity index (χ0n) is 13.6. The van der Waals surface area contributed by atoms with E-state index in [1.54, 1.807) is 42.5 Å². The van der Waals surface area contributed by atoms with E-state index >= 15 is 0 Å². The van der Waals surface area contributed by atoms with Crippen LogP contribution in [0.15, 0.2) is 53.6 Å². The molecule has 0 fully saturated rings. The minimum atomic E-state index is -0.835. The summed E-state index contributed by atoms with van der Waals surface area (Å²) in [6.07, 6.45) is 1.45. The van der Waals surface area contributed by atoms with E-state index in [1.807, 2.05) is 19.9 Å². The molecule has 24 heavy (non-hydrogen) atoms. The number of anilines is 1. The molecule has 0 atom stereocenters. The monoisotopic (exact) mass is 325 g/mol. The lowest BCUT2D eigenvalue weighted by Gasteiger charge is -2.04. The summed E-state index contributed by atoms with van der Waals surface area (Å²) in [5.41, 5.74) is 4.52. The number of hydrogen-bond donors (Lipinski definition) is 2. The maximum atomic E-state index is 11.8. The first-order chi connectivity index (χ1) is 11.6. The van der Waals surface area contributed by atoms with Crippen molar-refractivity contribution in [1.29, 1.82) is 0 Å². The van der Waals surface area contributed by atoms with Crippen LogP contribution in [0.4, 0.5) is 5.69 Å². The second-order valence-corrected chi connectivity index (χ2v) is 5.02. The zero-order valence-corrected chi connectivity index (χ0v) is 13.6. The van der Waals surface area contributed by atoms with Crippen molar-refractivity contribution in [3.63, 3.8) is 0 Å². The maximum Gasteiger partial charge on any atom is 0.329 e. The number of nitrogens with zero attached hydrogens (tertiary/aromatic N) is 1. The number of carbonyl (C=O) groups excluding carboxylic acids is 2. The third kappa shape index (κ3) is 5.24. The molecule has 2 rings (SSSR count). The fraction of sp³-hybridized carbons (Fsp3) is 0.167. The van der Waals surface area contributed by atoms with Crippen molar-refractivity contribution >= 4 is 23.7 Å². The van der Waals surface area contributed by atoms with Crippen molar-refractivity contribution in [2.24, 2.45) is 5.10 Å². The molecule has 0 bridgehead atoms. The second kappa shape index (κ2) is 8.47. The van der Waals surface area contributed by atoms with E-state index in [9.17, 15) is 9.59 Å². The lowest BCUT2D eigenvalue weighted by atomic mass is 10.2. The van der Waals surface area contributed by atoms with Crippen LogP contribution in [0, 0.1) is 6.92 Å². The van der Waals surface area contributed by atoms with Crippen LogP contribution in [0.1, 0.15) is 18.1 Å². The van der Waals surface area contributed by atoms with E-state index in [0.717, 1.165) is 16.9 Å². The summed E-state index contributed by atoms with van der Waals surface area (Å²) < 4.78 is 5.33. The lowest BCUT2D eigenvalue weighted by Crippen LogP contribution is -2.32. The van der Waals surface area contributed by atoms with Crippen molar-refractivity contribution < 1.29 is 14.3 Å². The molecule has 6 heteroatoms. The second-order valence-electron chi connectivity index (χ2n) is 5.02.